The molecule has 0 spiro atoms. The molecule has 0 atom stereocenters. The molecule has 0 bridgehead atoms. The Morgan fingerprint density at radius 1 is 1.59 bits per heavy atom. The Kier molecular flexibility index (Phi) is 5.03. The smallest absolute Gasteiger partial charge is 0.306 e. The van der Waals surface area contributed by atoms with Crippen molar-refractivity contribution in [2.75, 3.05) is 6.61 Å². The Labute approximate surface area is 104 Å². The number of hydrogen-bond donors (Lipinski definition) is 1. The second kappa shape index (κ2) is 6.30. The molecule has 0 aliphatic rings. The van der Waals surface area contributed by atoms with Crippen molar-refractivity contribution in [1.29, 1.82) is 0 Å². The van der Waals surface area contributed by atoms with Gasteiger partial charge in [0, 0.05) is 18.3 Å². The molecule has 0 fully saturated rings. The van der Waals surface area contributed by atoms with Gasteiger partial charge in [-0.05, 0) is 6.92 Å². The van der Waals surface area contributed by atoms with Gasteiger partial charge in [-0.2, -0.15) is 0 Å². The number of hydrogen-bond acceptors (Lipinski definition) is 3. The van der Waals surface area contributed by atoms with E-state index in [2.05, 4.69) is 0 Å². The molecule has 0 aromatic carbocycles. The van der Waals surface area contributed by atoms with Crippen LogP contribution in [0.3, 0.4) is 0 Å². The Hall–Kier alpha value is -1.49. The van der Waals surface area contributed by atoms with Gasteiger partial charge in [0.2, 0.25) is 5.43 Å². The minimum absolute atomic E-state index is 0.0193. The number of alkyl halides is 1. The van der Waals surface area contributed by atoms with Crippen molar-refractivity contribution in [1.82, 2.24) is 4.57 Å². The summed E-state index contributed by atoms with van der Waals surface area (Å²) in [6, 6.07) is 1.41. The molecule has 0 radical (unpaired) electrons. The predicted octanol–water partition coefficient (Wildman–Crippen LogP) is 1.46. The zero-order valence-electron chi connectivity index (χ0n) is 9.48. The van der Waals surface area contributed by atoms with Gasteiger partial charge in [0.25, 0.3) is 0 Å². The maximum absolute atomic E-state index is 11.6. The minimum Gasteiger partial charge on any atom is -0.487 e. The Balaban J connectivity index is 2.85. The van der Waals surface area contributed by atoms with Crippen molar-refractivity contribution in [3.8, 4) is 5.75 Å². The first-order valence-corrected chi connectivity index (χ1v) is 5.75. The molecule has 1 heterocycles. The number of carbonyl (C=O) groups is 1. The lowest BCUT2D eigenvalue weighted by atomic mass is 10.3. The van der Waals surface area contributed by atoms with Crippen molar-refractivity contribution in [3.63, 3.8) is 0 Å². The summed E-state index contributed by atoms with van der Waals surface area (Å²) < 4.78 is 6.93. The quantitative estimate of drug-likeness (QED) is 0.786. The number of pyridine rings is 1. The molecule has 0 saturated heterocycles. The van der Waals surface area contributed by atoms with Crippen molar-refractivity contribution < 1.29 is 14.6 Å². The molecule has 0 aliphatic heterocycles. The molecule has 5 nitrogen and oxygen atoms in total. The number of halogens is 1. The molecule has 6 heteroatoms. The van der Waals surface area contributed by atoms with Crippen LogP contribution in [0.25, 0.3) is 0 Å². The number of aryl methyl sites for hydroxylation is 1. The highest BCUT2D eigenvalue weighted by Gasteiger charge is 2.07. The van der Waals surface area contributed by atoms with Crippen molar-refractivity contribution in [3.05, 3.63) is 28.2 Å². The third kappa shape index (κ3) is 3.78. The Bertz CT molecular complexity index is 455. The van der Waals surface area contributed by atoms with E-state index in [-0.39, 0.29) is 30.1 Å². The fourth-order valence-electron chi connectivity index (χ4n) is 1.36. The van der Waals surface area contributed by atoms with Crippen LogP contribution in [0.4, 0.5) is 0 Å². The molecular formula is C11H14ClNO4. The molecule has 17 heavy (non-hydrogen) atoms. The number of carboxylic acids is 1. The molecule has 0 aliphatic carbocycles. The minimum atomic E-state index is -0.960. The van der Waals surface area contributed by atoms with Gasteiger partial charge in [-0.15, -0.1) is 11.6 Å². The van der Waals surface area contributed by atoms with Crippen LogP contribution in [0.15, 0.2) is 17.1 Å². The van der Waals surface area contributed by atoms with Crippen molar-refractivity contribution in [2.24, 2.45) is 0 Å². The number of nitrogens with zero attached hydrogens (tertiary/aromatic N) is 1. The highest BCUT2D eigenvalue weighted by atomic mass is 35.5. The van der Waals surface area contributed by atoms with E-state index in [1.807, 2.05) is 6.92 Å². The molecule has 1 aromatic heterocycles. The molecule has 0 amide bonds. The number of aliphatic carboxylic acids is 1. The molecular weight excluding hydrogens is 246 g/mol. The molecule has 94 valence electrons. The zero-order valence-corrected chi connectivity index (χ0v) is 10.2. The van der Waals surface area contributed by atoms with E-state index in [4.69, 9.17) is 21.4 Å². The lowest BCUT2D eigenvalue weighted by Crippen LogP contribution is -2.16. The van der Waals surface area contributed by atoms with E-state index in [0.717, 1.165) is 0 Å². The van der Waals surface area contributed by atoms with Crippen LogP contribution < -0.4 is 10.2 Å². The van der Waals surface area contributed by atoms with Crippen LogP contribution in [-0.2, 0) is 17.2 Å². The first-order chi connectivity index (χ1) is 8.08. The van der Waals surface area contributed by atoms with Gasteiger partial charge in [0.1, 0.15) is 0 Å². The summed E-state index contributed by atoms with van der Waals surface area (Å²) in [6.45, 7) is 2.56. The van der Waals surface area contributed by atoms with E-state index in [1.54, 1.807) is 10.8 Å². The summed E-state index contributed by atoms with van der Waals surface area (Å²) in [7, 11) is 0. The largest absolute Gasteiger partial charge is 0.487 e. The summed E-state index contributed by atoms with van der Waals surface area (Å²) in [5.41, 5.74) is 0.431. The van der Waals surface area contributed by atoms with E-state index in [0.29, 0.717) is 12.2 Å². The summed E-state index contributed by atoms with van der Waals surface area (Å²) in [6.07, 6.45) is 1.42. The molecule has 0 saturated carbocycles. The second-order valence-corrected chi connectivity index (χ2v) is 3.67. The monoisotopic (exact) mass is 259 g/mol. The number of carboxylic acid groups (broad SMARTS) is 1. The van der Waals surface area contributed by atoms with E-state index < -0.39 is 5.97 Å². The average Bonchev–Trinajstić information content (AvgIpc) is 2.30. The van der Waals surface area contributed by atoms with E-state index >= 15 is 0 Å². The summed E-state index contributed by atoms with van der Waals surface area (Å²) in [5.74, 6) is -0.557. The maximum Gasteiger partial charge on any atom is 0.306 e. The lowest BCUT2D eigenvalue weighted by molar-refractivity contribution is -0.137. The summed E-state index contributed by atoms with van der Waals surface area (Å²) in [4.78, 5) is 21.9. The van der Waals surface area contributed by atoms with Gasteiger partial charge >= 0.3 is 5.97 Å². The van der Waals surface area contributed by atoms with Crippen LogP contribution in [0, 0.1) is 0 Å². The van der Waals surface area contributed by atoms with E-state index in [1.165, 1.54) is 6.07 Å². The lowest BCUT2D eigenvalue weighted by Gasteiger charge is -2.11. The van der Waals surface area contributed by atoms with Crippen LogP contribution >= 0.6 is 11.6 Å². The van der Waals surface area contributed by atoms with Crippen LogP contribution in [0.1, 0.15) is 19.0 Å². The molecule has 1 rings (SSSR count). The van der Waals surface area contributed by atoms with Gasteiger partial charge < -0.3 is 14.4 Å². The van der Waals surface area contributed by atoms with E-state index in [9.17, 15) is 9.59 Å². The van der Waals surface area contributed by atoms with Crippen LogP contribution in [-0.4, -0.2) is 22.2 Å². The first-order valence-electron chi connectivity index (χ1n) is 5.22. The average molecular weight is 260 g/mol. The van der Waals surface area contributed by atoms with Crippen LogP contribution in [0.2, 0.25) is 0 Å². The highest BCUT2D eigenvalue weighted by molar-refractivity contribution is 6.16. The normalized spacial score (nSPS) is 10.2. The topological polar surface area (TPSA) is 68.5 Å². The second-order valence-electron chi connectivity index (χ2n) is 3.41. The van der Waals surface area contributed by atoms with Gasteiger partial charge in [0.05, 0.1) is 25.1 Å². The number of ether oxygens (including phenoxy) is 1. The summed E-state index contributed by atoms with van der Waals surface area (Å²) in [5, 5.41) is 8.46. The molecule has 1 aromatic rings. The Morgan fingerprint density at radius 2 is 2.29 bits per heavy atom. The fourth-order valence-corrected chi connectivity index (χ4v) is 1.59. The maximum atomic E-state index is 11.6. The number of aromatic nitrogens is 1. The number of rotatable bonds is 6. The molecule has 1 N–H and O–H groups in total. The van der Waals surface area contributed by atoms with Gasteiger partial charge in [0.15, 0.2) is 5.75 Å². The zero-order chi connectivity index (χ0) is 12.8. The third-order valence-corrected chi connectivity index (χ3v) is 2.51. The van der Waals surface area contributed by atoms with Gasteiger partial charge in [-0.1, -0.05) is 0 Å². The molecule has 0 unspecified atom stereocenters. The van der Waals surface area contributed by atoms with Gasteiger partial charge in [-0.3, -0.25) is 9.59 Å². The predicted molar refractivity (Wildman–Crippen MR) is 63.7 cm³/mol. The van der Waals surface area contributed by atoms with Crippen LogP contribution in [0.5, 0.6) is 5.75 Å². The third-order valence-electron chi connectivity index (χ3n) is 2.23. The highest BCUT2D eigenvalue weighted by Crippen LogP contribution is 2.09. The Morgan fingerprint density at radius 3 is 2.82 bits per heavy atom. The van der Waals surface area contributed by atoms with Gasteiger partial charge in [-0.25, -0.2) is 0 Å². The fraction of sp³-hybridized carbons (Fsp3) is 0.455. The SMILES string of the molecule is CCn1cc(OCCC(=O)O)c(=O)cc1CCl. The van der Waals surface area contributed by atoms with Crippen molar-refractivity contribution in [2.45, 2.75) is 25.8 Å². The standard InChI is InChI=1S/C11H14ClNO4/c1-2-13-7-10(17-4-3-11(15)16)9(14)5-8(13)6-12/h5,7H,2-4,6H2,1H3,(H,15,16). The summed E-state index contributed by atoms with van der Waals surface area (Å²) >= 11 is 5.70. The first kappa shape index (κ1) is 13.6. The van der Waals surface area contributed by atoms with Crippen molar-refractivity contribution >= 4 is 17.6 Å².